The highest BCUT2D eigenvalue weighted by Gasteiger charge is 2.09. The van der Waals surface area contributed by atoms with Crippen molar-refractivity contribution in [3.05, 3.63) is 52.0 Å². The topological polar surface area (TPSA) is 77.0 Å². The number of halogens is 1. The number of hydrogen-bond acceptors (Lipinski definition) is 5. The second kappa shape index (κ2) is 9.29. The molecule has 1 amide bonds. The number of ether oxygens (including phenoxy) is 3. The number of methoxy groups -OCH3 is 2. The van der Waals surface area contributed by atoms with Crippen LogP contribution in [-0.4, -0.2) is 31.8 Å². The minimum atomic E-state index is -0.262. The lowest BCUT2D eigenvalue weighted by atomic mass is 10.2. The smallest absolute Gasteiger partial charge is 0.258 e. The van der Waals surface area contributed by atoms with Crippen LogP contribution in [0.15, 0.2) is 40.9 Å². The van der Waals surface area contributed by atoms with Crippen molar-refractivity contribution in [1.82, 2.24) is 5.32 Å². The molecule has 2 aromatic carbocycles. The first kappa shape index (κ1) is 19.1. The summed E-state index contributed by atoms with van der Waals surface area (Å²) >= 11 is 3.32. The molecule has 7 heteroatoms. The molecule has 2 aromatic rings. The summed E-state index contributed by atoms with van der Waals surface area (Å²) < 4.78 is 16.7. The Morgan fingerprint density at radius 2 is 1.80 bits per heavy atom. The summed E-state index contributed by atoms with van der Waals surface area (Å²) in [5.41, 5.74) is 1.49. The fourth-order valence-electron chi connectivity index (χ4n) is 2.20. The predicted molar refractivity (Wildman–Crippen MR) is 97.0 cm³/mol. The monoisotopic (exact) mass is 409 g/mol. The molecular weight excluding hydrogens is 390 g/mol. The number of benzene rings is 2. The number of carbonyl (C=O) groups is 1. The Kier molecular flexibility index (Phi) is 7.09. The van der Waals surface area contributed by atoms with E-state index in [1.807, 2.05) is 6.07 Å². The Morgan fingerprint density at radius 1 is 1.08 bits per heavy atom. The van der Waals surface area contributed by atoms with E-state index in [1.165, 1.54) is 0 Å². The maximum absolute atomic E-state index is 12.0. The van der Waals surface area contributed by atoms with Gasteiger partial charge in [-0.3, -0.25) is 4.79 Å². The van der Waals surface area contributed by atoms with Crippen LogP contribution in [0.1, 0.15) is 11.1 Å². The zero-order valence-electron chi connectivity index (χ0n) is 14.0. The van der Waals surface area contributed by atoms with Crippen LogP contribution in [0, 0.1) is 0 Å². The molecule has 0 aliphatic heterocycles. The Balaban J connectivity index is 1.89. The van der Waals surface area contributed by atoms with Crippen LogP contribution in [0.4, 0.5) is 0 Å². The van der Waals surface area contributed by atoms with Gasteiger partial charge in [0.15, 0.2) is 18.1 Å². The molecule has 25 heavy (non-hydrogen) atoms. The number of amides is 1. The summed E-state index contributed by atoms with van der Waals surface area (Å²) in [4.78, 5) is 12.0. The van der Waals surface area contributed by atoms with E-state index in [0.717, 1.165) is 10.0 Å². The van der Waals surface area contributed by atoms with Crippen molar-refractivity contribution < 1.29 is 24.1 Å². The van der Waals surface area contributed by atoms with Crippen molar-refractivity contribution in [1.29, 1.82) is 0 Å². The van der Waals surface area contributed by atoms with E-state index in [9.17, 15) is 9.90 Å². The van der Waals surface area contributed by atoms with Gasteiger partial charge in [0.2, 0.25) is 0 Å². The molecule has 2 rings (SSSR count). The molecule has 2 N–H and O–H groups in total. The molecule has 0 atom stereocenters. The highest BCUT2D eigenvalue weighted by atomic mass is 79.9. The van der Waals surface area contributed by atoms with Crippen LogP contribution in [0.2, 0.25) is 0 Å². The summed E-state index contributed by atoms with van der Waals surface area (Å²) in [5.74, 6) is 1.45. The number of aliphatic hydroxyl groups excluding tert-OH is 1. The van der Waals surface area contributed by atoms with Crippen molar-refractivity contribution >= 4 is 21.8 Å². The molecule has 0 bridgehead atoms. The average molecular weight is 410 g/mol. The Morgan fingerprint density at radius 3 is 2.48 bits per heavy atom. The molecule has 0 spiro atoms. The van der Waals surface area contributed by atoms with E-state index in [4.69, 9.17) is 14.2 Å². The van der Waals surface area contributed by atoms with Crippen LogP contribution in [0.25, 0.3) is 0 Å². The molecule has 134 valence electrons. The van der Waals surface area contributed by atoms with Crippen molar-refractivity contribution in [3.8, 4) is 17.2 Å². The number of hydrogen-bond donors (Lipinski definition) is 2. The molecule has 0 saturated carbocycles. The van der Waals surface area contributed by atoms with Gasteiger partial charge in [-0.2, -0.15) is 0 Å². The molecule has 0 fully saturated rings. The normalized spacial score (nSPS) is 10.2. The largest absolute Gasteiger partial charge is 0.493 e. The Labute approximate surface area is 154 Å². The van der Waals surface area contributed by atoms with Crippen LogP contribution >= 0.6 is 15.9 Å². The first-order valence-electron chi connectivity index (χ1n) is 7.57. The van der Waals surface area contributed by atoms with Crippen LogP contribution in [-0.2, 0) is 17.9 Å². The van der Waals surface area contributed by atoms with Gasteiger partial charge in [0.25, 0.3) is 5.91 Å². The van der Waals surface area contributed by atoms with Crippen molar-refractivity contribution in [2.24, 2.45) is 0 Å². The number of nitrogens with one attached hydrogen (secondary N) is 1. The van der Waals surface area contributed by atoms with Crippen LogP contribution < -0.4 is 19.5 Å². The molecule has 0 aromatic heterocycles. The van der Waals surface area contributed by atoms with Crippen molar-refractivity contribution in [2.75, 3.05) is 20.8 Å². The fraction of sp³-hybridized carbons (Fsp3) is 0.278. The van der Waals surface area contributed by atoms with E-state index >= 15 is 0 Å². The molecule has 0 heterocycles. The highest BCUT2D eigenvalue weighted by molar-refractivity contribution is 9.10. The molecule has 0 unspecified atom stereocenters. The average Bonchev–Trinajstić information content (AvgIpc) is 2.64. The van der Waals surface area contributed by atoms with Gasteiger partial charge in [0, 0.05) is 16.6 Å². The molecular formula is C18H20BrNO5. The van der Waals surface area contributed by atoms with Crippen molar-refractivity contribution in [2.45, 2.75) is 13.2 Å². The van der Waals surface area contributed by atoms with Crippen LogP contribution in [0.3, 0.4) is 0 Å². The summed E-state index contributed by atoms with van der Waals surface area (Å²) in [7, 11) is 3.13. The second-order valence-electron chi connectivity index (χ2n) is 5.16. The highest BCUT2D eigenvalue weighted by Crippen LogP contribution is 2.27. The number of carbonyl (C=O) groups excluding carboxylic acids is 1. The standard InChI is InChI=1S/C18H20BrNO5/c1-23-16-5-3-12(7-17(16)24-2)9-20-18(22)11-25-15-6-4-14(19)8-13(15)10-21/h3-8,21H,9-11H2,1-2H3,(H,20,22). The number of rotatable bonds is 8. The lowest BCUT2D eigenvalue weighted by Gasteiger charge is -2.12. The third-order valence-electron chi connectivity index (χ3n) is 3.49. The van der Waals surface area contributed by atoms with Crippen LogP contribution in [0.5, 0.6) is 17.2 Å². The van der Waals surface area contributed by atoms with E-state index in [0.29, 0.717) is 29.4 Å². The second-order valence-corrected chi connectivity index (χ2v) is 6.08. The molecule has 6 nitrogen and oxygen atoms in total. The molecule has 0 aliphatic carbocycles. The minimum Gasteiger partial charge on any atom is -0.493 e. The molecule has 0 radical (unpaired) electrons. The molecule has 0 aliphatic rings. The van der Waals surface area contributed by atoms with Gasteiger partial charge in [-0.05, 0) is 35.9 Å². The SMILES string of the molecule is COc1ccc(CNC(=O)COc2ccc(Br)cc2CO)cc1OC. The van der Waals surface area contributed by atoms with Gasteiger partial charge in [-0.15, -0.1) is 0 Å². The third kappa shape index (κ3) is 5.37. The first-order valence-corrected chi connectivity index (χ1v) is 8.36. The van der Waals surface area contributed by atoms with E-state index in [1.54, 1.807) is 44.6 Å². The van der Waals surface area contributed by atoms with Gasteiger partial charge < -0.3 is 24.6 Å². The molecule has 0 saturated heterocycles. The Bertz CT molecular complexity index is 735. The quantitative estimate of drug-likeness (QED) is 0.700. The van der Waals surface area contributed by atoms with E-state index in [2.05, 4.69) is 21.2 Å². The summed E-state index contributed by atoms with van der Waals surface area (Å²) in [5, 5.41) is 12.1. The zero-order valence-corrected chi connectivity index (χ0v) is 15.6. The van der Waals surface area contributed by atoms with Gasteiger partial charge in [-0.25, -0.2) is 0 Å². The zero-order chi connectivity index (χ0) is 18.2. The van der Waals surface area contributed by atoms with E-state index in [-0.39, 0.29) is 19.1 Å². The maximum Gasteiger partial charge on any atom is 0.258 e. The van der Waals surface area contributed by atoms with E-state index < -0.39 is 0 Å². The summed E-state index contributed by atoms with van der Waals surface area (Å²) in [6.07, 6.45) is 0. The maximum atomic E-state index is 12.0. The lowest BCUT2D eigenvalue weighted by molar-refractivity contribution is -0.123. The van der Waals surface area contributed by atoms with Gasteiger partial charge in [0.1, 0.15) is 5.75 Å². The van der Waals surface area contributed by atoms with Gasteiger partial charge >= 0.3 is 0 Å². The Hall–Kier alpha value is -2.25. The fourth-order valence-corrected chi connectivity index (χ4v) is 2.61. The minimum absolute atomic E-state index is 0.137. The number of aliphatic hydroxyl groups is 1. The predicted octanol–water partition coefficient (Wildman–Crippen LogP) is 2.65. The van der Waals surface area contributed by atoms with Gasteiger partial charge in [-0.1, -0.05) is 22.0 Å². The first-order chi connectivity index (χ1) is 12.1. The summed E-state index contributed by atoms with van der Waals surface area (Å²) in [6, 6.07) is 10.7. The van der Waals surface area contributed by atoms with Gasteiger partial charge in [0.05, 0.1) is 20.8 Å². The van der Waals surface area contributed by atoms with Crippen molar-refractivity contribution in [3.63, 3.8) is 0 Å². The third-order valence-corrected chi connectivity index (χ3v) is 3.98. The lowest BCUT2D eigenvalue weighted by Crippen LogP contribution is -2.28. The summed E-state index contributed by atoms with van der Waals surface area (Å²) in [6.45, 7) is 0.0414.